The van der Waals surface area contributed by atoms with Gasteiger partial charge >= 0.3 is 6.09 Å². The van der Waals surface area contributed by atoms with Gasteiger partial charge in [0, 0.05) is 19.4 Å². The van der Waals surface area contributed by atoms with Crippen molar-refractivity contribution in [1.29, 1.82) is 5.26 Å². The Balaban J connectivity index is 1.43. The summed E-state index contributed by atoms with van der Waals surface area (Å²) in [6.45, 7) is 4.65. The number of aromatic nitrogens is 4. The lowest BCUT2D eigenvalue weighted by atomic mass is 9.65. The van der Waals surface area contributed by atoms with E-state index in [1.807, 2.05) is 0 Å². The van der Waals surface area contributed by atoms with Crippen LogP contribution in [0.1, 0.15) is 51.3 Å². The Labute approximate surface area is 206 Å². The molecule has 1 amide bonds. The van der Waals surface area contributed by atoms with Gasteiger partial charge in [-0.25, -0.2) is 23.5 Å². The van der Waals surface area contributed by atoms with Crippen molar-refractivity contribution in [2.24, 2.45) is 5.41 Å². The average Bonchev–Trinajstić information content (AvgIpc) is 3.36. The number of aliphatic hydroxyl groups is 1. The molecule has 3 aromatic rings. The maximum Gasteiger partial charge on any atom is 0.416 e. The quantitative estimate of drug-likeness (QED) is 0.577. The molecule has 0 bridgehead atoms. The molecular formula is C25H26F2N6O3. The van der Waals surface area contributed by atoms with Gasteiger partial charge in [-0.2, -0.15) is 5.26 Å². The summed E-state index contributed by atoms with van der Waals surface area (Å²) in [6.07, 6.45) is 3.09. The van der Waals surface area contributed by atoms with Crippen LogP contribution in [0.2, 0.25) is 0 Å². The van der Waals surface area contributed by atoms with Crippen molar-refractivity contribution in [1.82, 2.24) is 19.5 Å². The van der Waals surface area contributed by atoms with Crippen molar-refractivity contribution in [2.75, 3.05) is 11.4 Å². The number of anilines is 1. The second kappa shape index (κ2) is 7.93. The van der Waals surface area contributed by atoms with Gasteiger partial charge in [-0.05, 0) is 38.5 Å². The monoisotopic (exact) mass is 496 g/mol. The number of amides is 1. The largest absolute Gasteiger partial charge is 0.441 e. The van der Waals surface area contributed by atoms with Gasteiger partial charge in [-0.1, -0.05) is 6.92 Å². The summed E-state index contributed by atoms with van der Waals surface area (Å²) < 4.78 is 38.2. The Bertz CT molecular complexity index is 1380. The van der Waals surface area contributed by atoms with Gasteiger partial charge in [-0.3, -0.25) is 9.88 Å². The van der Waals surface area contributed by atoms with Crippen LogP contribution >= 0.6 is 0 Å². The number of alkyl halides is 2. The second-order valence-corrected chi connectivity index (χ2v) is 10.6. The highest BCUT2D eigenvalue weighted by Gasteiger charge is 2.62. The number of nitriles is 1. The fourth-order valence-corrected chi connectivity index (χ4v) is 5.21. The average molecular weight is 497 g/mol. The van der Waals surface area contributed by atoms with E-state index < -0.39 is 35.1 Å². The van der Waals surface area contributed by atoms with E-state index in [1.54, 1.807) is 36.6 Å². The van der Waals surface area contributed by atoms with Crippen LogP contribution < -0.4 is 4.90 Å². The first-order valence-electron chi connectivity index (χ1n) is 11.6. The number of ether oxygens (including phenoxy) is 1. The molecule has 1 spiro atoms. The predicted molar refractivity (Wildman–Crippen MR) is 125 cm³/mol. The van der Waals surface area contributed by atoms with Gasteiger partial charge in [0.25, 0.3) is 5.92 Å². The summed E-state index contributed by atoms with van der Waals surface area (Å²) in [6, 6.07) is 7.02. The second-order valence-electron chi connectivity index (χ2n) is 10.6. The van der Waals surface area contributed by atoms with E-state index in [-0.39, 0.29) is 31.7 Å². The summed E-state index contributed by atoms with van der Waals surface area (Å²) >= 11 is 0. The number of hydrogen-bond donors (Lipinski definition) is 1. The van der Waals surface area contributed by atoms with Crippen LogP contribution in [0.15, 0.2) is 36.9 Å². The van der Waals surface area contributed by atoms with E-state index in [0.29, 0.717) is 22.3 Å². The van der Waals surface area contributed by atoms with E-state index in [2.05, 4.69) is 21.0 Å². The number of benzene rings is 1. The summed E-state index contributed by atoms with van der Waals surface area (Å²) in [7, 11) is 0. The van der Waals surface area contributed by atoms with Gasteiger partial charge in [-0.15, -0.1) is 0 Å². The first kappa shape index (κ1) is 24.1. The summed E-state index contributed by atoms with van der Waals surface area (Å²) in [5.74, 6) is -2.79. The van der Waals surface area contributed by atoms with Crippen LogP contribution in [0, 0.1) is 16.7 Å². The smallest absolute Gasteiger partial charge is 0.416 e. The lowest BCUT2D eigenvalue weighted by molar-refractivity contribution is -0.189. The molecule has 1 saturated heterocycles. The Morgan fingerprint density at radius 1 is 1.22 bits per heavy atom. The SMILES string of the molecule is CC(C)(O)c1cnc(N2C[C@@]3(CCC(F)(F)[C@](C)(Cn4cnc5ccc(C#N)cc54)C3)OC2=O)cn1. The molecule has 36 heavy (non-hydrogen) atoms. The lowest BCUT2D eigenvalue weighted by Crippen LogP contribution is -2.55. The van der Waals surface area contributed by atoms with Crippen molar-refractivity contribution in [3.63, 3.8) is 0 Å². The van der Waals surface area contributed by atoms with Crippen LogP contribution in [0.4, 0.5) is 19.4 Å². The Morgan fingerprint density at radius 3 is 2.67 bits per heavy atom. The van der Waals surface area contributed by atoms with Gasteiger partial charge in [0.1, 0.15) is 11.2 Å². The highest BCUT2D eigenvalue weighted by atomic mass is 19.3. The molecule has 1 N–H and O–H groups in total. The van der Waals surface area contributed by atoms with Gasteiger partial charge < -0.3 is 14.4 Å². The summed E-state index contributed by atoms with van der Waals surface area (Å²) in [4.78, 5) is 26.9. The van der Waals surface area contributed by atoms with Crippen LogP contribution in [-0.4, -0.2) is 48.8 Å². The number of fused-ring (bicyclic) bond motifs is 1. The molecule has 0 unspecified atom stereocenters. The molecule has 2 aromatic heterocycles. The molecule has 2 aliphatic rings. The Morgan fingerprint density at radius 2 is 2.00 bits per heavy atom. The van der Waals surface area contributed by atoms with E-state index in [9.17, 15) is 15.2 Å². The van der Waals surface area contributed by atoms with Crippen molar-refractivity contribution in [2.45, 2.75) is 63.7 Å². The first-order valence-corrected chi connectivity index (χ1v) is 11.6. The van der Waals surface area contributed by atoms with Crippen molar-refractivity contribution in [3.8, 4) is 6.07 Å². The van der Waals surface area contributed by atoms with Crippen LogP contribution in [0.3, 0.4) is 0 Å². The summed E-state index contributed by atoms with van der Waals surface area (Å²) in [5.41, 5.74) is -1.90. The third-order valence-corrected chi connectivity index (χ3v) is 7.27. The zero-order chi connectivity index (χ0) is 25.9. The van der Waals surface area contributed by atoms with Crippen molar-refractivity contribution >= 4 is 22.9 Å². The number of nitrogens with zero attached hydrogens (tertiary/aromatic N) is 6. The van der Waals surface area contributed by atoms with Crippen LogP contribution in [0.5, 0.6) is 0 Å². The van der Waals surface area contributed by atoms with E-state index >= 15 is 8.78 Å². The van der Waals surface area contributed by atoms with Crippen LogP contribution in [-0.2, 0) is 16.9 Å². The zero-order valence-electron chi connectivity index (χ0n) is 20.2. The van der Waals surface area contributed by atoms with E-state index in [1.165, 1.54) is 30.5 Å². The number of halogens is 2. The molecule has 1 aliphatic carbocycles. The van der Waals surface area contributed by atoms with E-state index in [4.69, 9.17) is 4.74 Å². The van der Waals surface area contributed by atoms with Crippen LogP contribution in [0.25, 0.3) is 11.0 Å². The highest BCUT2D eigenvalue weighted by Crippen LogP contribution is 2.55. The number of carbonyl (C=O) groups is 1. The number of imidazole rings is 1. The maximum absolute atomic E-state index is 15.4. The molecule has 1 aromatic carbocycles. The summed E-state index contributed by atoms with van der Waals surface area (Å²) in [5, 5.41) is 19.3. The molecule has 9 nitrogen and oxygen atoms in total. The van der Waals surface area contributed by atoms with Gasteiger partial charge in [0.15, 0.2) is 5.82 Å². The minimum Gasteiger partial charge on any atom is -0.441 e. The van der Waals surface area contributed by atoms with Gasteiger partial charge in [0.05, 0.1) is 59.0 Å². The molecule has 3 heterocycles. The Hall–Kier alpha value is -3.65. The number of hydrogen-bond acceptors (Lipinski definition) is 7. The molecule has 11 heteroatoms. The standard InChI is InChI=1S/C25H26F2N6O3/c1-22(2,35)19-10-30-20(11-29-19)33-14-24(36-21(33)34)6-7-25(26,27)23(3,12-24)13-32-15-31-17-5-4-16(9-28)8-18(17)32/h4-5,8,10-11,15,35H,6-7,12-14H2,1-3H3/t23-,24-/m0/s1. The molecule has 1 aliphatic heterocycles. The molecular weight excluding hydrogens is 470 g/mol. The molecule has 5 rings (SSSR count). The third-order valence-electron chi connectivity index (χ3n) is 7.27. The molecule has 188 valence electrons. The zero-order valence-corrected chi connectivity index (χ0v) is 20.2. The molecule has 2 atom stereocenters. The number of carbonyl (C=O) groups excluding carboxylic acids is 1. The molecule has 0 radical (unpaired) electrons. The predicted octanol–water partition coefficient (Wildman–Crippen LogP) is 4.15. The van der Waals surface area contributed by atoms with Crippen molar-refractivity contribution in [3.05, 3.63) is 48.2 Å². The molecule has 2 fully saturated rings. The molecule has 1 saturated carbocycles. The van der Waals surface area contributed by atoms with Gasteiger partial charge in [0.2, 0.25) is 0 Å². The Kier molecular flexibility index (Phi) is 5.30. The maximum atomic E-state index is 15.4. The normalized spacial score (nSPS) is 25.8. The van der Waals surface area contributed by atoms with Crippen molar-refractivity contribution < 1.29 is 23.4 Å². The lowest BCUT2D eigenvalue weighted by Gasteiger charge is -2.47. The minimum atomic E-state index is -3.02. The third kappa shape index (κ3) is 3.95. The van der Waals surface area contributed by atoms with E-state index in [0.717, 1.165) is 0 Å². The minimum absolute atomic E-state index is 0.0102. The fourth-order valence-electron chi connectivity index (χ4n) is 5.21. The highest BCUT2D eigenvalue weighted by molar-refractivity contribution is 5.89. The topological polar surface area (TPSA) is 117 Å². The first-order chi connectivity index (χ1) is 16.8. The fraction of sp³-hybridized carbons (Fsp3) is 0.480. The number of rotatable bonds is 4.